The van der Waals surface area contributed by atoms with Crippen molar-refractivity contribution in [1.82, 2.24) is 0 Å². The number of hydrogen-bond donors (Lipinski definition) is 1. The summed E-state index contributed by atoms with van der Waals surface area (Å²) in [5.74, 6) is 0.521. The predicted molar refractivity (Wildman–Crippen MR) is 85.4 cm³/mol. The van der Waals surface area contributed by atoms with Gasteiger partial charge < -0.3 is 0 Å². The molecule has 4 nitrogen and oxygen atoms in total. The first kappa shape index (κ1) is 15.4. The van der Waals surface area contributed by atoms with Gasteiger partial charge in [-0.25, -0.2) is 13.6 Å². The van der Waals surface area contributed by atoms with E-state index >= 15 is 0 Å². The third kappa shape index (κ3) is 1.99. The Morgan fingerprint density at radius 2 is 1.77 bits per heavy atom. The van der Waals surface area contributed by atoms with Crippen LogP contribution in [0.1, 0.15) is 39.2 Å². The van der Waals surface area contributed by atoms with Crippen LogP contribution in [-0.4, -0.2) is 14.2 Å². The standard InChI is InChI=1S/C17H21NO3S/c1-16(2)14-8-9-17(16,3)15(19)13(14)10-11-4-6-12(7-5-11)22(18,20)21/h4-7,10,14H,8-9H2,1-3H3,(H2,18,20,21)/b13-10+. The maximum absolute atomic E-state index is 12.8. The van der Waals surface area contributed by atoms with E-state index in [0.29, 0.717) is 0 Å². The number of Topliss-reactive ketones (excluding diaryl/α,β-unsaturated/α-hetero) is 1. The van der Waals surface area contributed by atoms with Gasteiger partial charge in [-0.2, -0.15) is 0 Å². The van der Waals surface area contributed by atoms with Gasteiger partial charge in [0.1, 0.15) is 0 Å². The third-order valence-electron chi connectivity index (χ3n) is 5.90. The molecule has 0 amide bonds. The molecule has 2 aliphatic carbocycles. The minimum atomic E-state index is -3.68. The van der Waals surface area contributed by atoms with Crippen LogP contribution in [0.2, 0.25) is 0 Å². The molecule has 1 aromatic rings. The molecule has 2 unspecified atom stereocenters. The summed E-state index contributed by atoms with van der Waals surface area (Å²) >= 11 is 0. The molecule has 1 aromatic carbocycles. The average Bonchev–Trinajstić information content (AvgIpc) is 2.73. The lowest BCUT2D eigenvalue weighted by Gasteiger charge is -2.31. The highest BCUT2D eigenvalue weighted by Crippen LogP contribution is 2.65. The number of hydrogen-bond acceptors (Lipinski definition) is 3. The number of carbonyl (C=O) groups is 1. The minimum absolute atomic E-state index is 0.0174. The van der Waals surface area contributed by atoms with Crippen molar-refractivity contribution in [3.63, 3.8) is 0 Å². The Morgan fingerprint density at radius 1 is 1.18 bits per heavy atom. The van der Waals surface area contributed by atoms with E-state index in [9.17, 15) is 13.2 Å². The van der Waals surface area contributed by atoms with Gasteiger partial charge in [-0.3, -0.25) is 4.79 Å². The first-order valence-corrected chi connectivity index (χ1v) is 9.01. The molecule has 3 rings (SSSR count). The fourth-order valence-electron chi connectivity index (χ4n) is 4.03. The molecule has 0 radical (unpaired) electrons. The van der Waals surface area contributed by atoms with E-state index in [4.69, 9.17) is 5.14 Å². The van der Waals surface area contributed by atoms with Gasteiger partial charge in [-0.05, 0) is 53.5 Å². The first-order chi connectivity index (χ1) is 10.1. The summed E-state index contributed by atoms with van der Waals surface area (Å²) in [4.78, 5) is 12.8. The molecule has 2 bridgehead atoms. The van der Waals surface area contributed by atoms with Gasteiger partial charge in [0.15, 0.2) is 5.78 Å². The number of rotatable bonds is 2. The number of sulfonamides is 1. The van der Waals surface area contributed by atoms with Crippen molar-refractivity contribution < 1.29 is 13.2 Å². The van der Waals surface area contributed by atoms with Crippen molar-refractivity contribution in [2.75, 3.05) is 0 Å². The largest absolute Gasteiger partial charge is 0.294 e. The molecule has 0 saturated heterocycles. The normalized spacial score (nSPS) is 31.9. The molecule has 2 atom stereocenters. The molecule has 2 fully saturated rings. The first-order valence-electron chi connectivity index (χ1n) is 7.47. The number of primary sulfonamides is 1. The number of carbonyl (C=O) groups excluding carboxylic acids is 1. The van der Waals surface area contributed by atoms with E-state index in [1.807, 2.05) is 6.08 Å². The Hall–Kier alpha value is -1.46. The third-order valence-corrected chi connectivity index (χ3v) is 6.83. The van der Waals surface area contributed by atoms with Crippen LogP contribution in [0, 0.1) is 16.7 Å². The number of benzene rings is 1. The molecule has 22 heavy (non-hydrogen) atoms. The second-order valence-electron chi connectivity index (χ2n) is 7.19. The Bertz CT molecular complexity index is 775. The molecular formula is C17H21NO3S. The molecule has 5 heteroatoms. The van der Waals surface area contributed by atoms with Crippen molar-refractivity contribution in [1.29, 1.82) is 0 Å². The van der Waals surface area contributed by atoms with Gasteiger partial charge in [0.2, 0.25) is 10.0 Å². The molecule has 2 saturated carbocycles. The quantitative estimate of drug-likeness (QED) is 0.851. The number of allylic oxidation sites excluding steroid dienone is 1. The monoisotopic (exact) mass is 319 g/mol. The second kappa shape index (κ2) is 4.52. The van der Waals surface area contributed by atoms with Crippen LogP contribution < -0.4 is 5.14 Å². The van der Waals surface area contributed by atoms with E-state index in [1.54, 1.807) is 12.1 Å². The Balaban J connectivity index is 1.99. The molecule has 2 N–H and O–H groups in total. The average molecular weight is 319 g/mol. The molecule has 2 aliphatic rings. The Kier molecular flexibility index (Phi) is 3.17. The summed E-state index contributed by atoms with van der Waals surface area (Å²) in [7, 11) is -3.68. The van der Waals surface area contributed by atoms with Gasteiger partial charge in [0.05, 0.1) is 4.90 Å². The molecule has 0 heterocycles. The van der Waals surface area contributed by atoms with E-state index in [2.05, 4.69) is 20.8 Å². The highest BCUT2D eigenvalue weighted by molar-refractivity contribution is 7.89. The summed E-state index contributed by atoms with van der Waals surface area (Å²) in [5.41, 5.74) is 1.42. The van der Waals surface area contributed by atoms with Gasteiger partial charge in [0.25, 0.3) is 0 Å². The summed E-state index contributed by atoms with van der Waals surface area (Å²) in [5, 5.41) is 5.10. The highest BCUT2D eigenvalue weighted by Gasteiger charge is 2.63. The van der Waals surface area contributed by atoms with Gasteiger partial charge >= 0.3 is 0 Å². The fourth-order valence-corrected chi connectivity index (χ4v) is 4.54. The molecule has 118 valence electrons. The summed E-state index contributed by atoms with van der Waals surface area (Å²) in [6.07, 6.45) is 3.90. The number of ketones is 1. The van der Waals surface area contributed by atoms with Crippen LogP contribution >= 0.6 is 0 Å². The smallest absolute Gasteiger partial charge is 0.238 e. The zero-order chi connectivity index (χ0) is 16.3. The topological polar surface area (TPSA) is 77.2 Å². The van der Waals surface area contributed by atoms with E-state index in [1.165, 1.54) is 12.1 Å². The van der Waals surface area contributed by atoms with E-state index in [-0.39, 0.29) is 27.4 Å². The Labute approximate surface area is 131 Å². The van der Waals surface area contributed by atoms with Crippen molar-refractivity contribution in [3.8, 4) is 0 Å². The minimum Gasteiger partial charge on any atom is -0.294 e. The van der Waals surface area contributed by atoms with Gasteiger partial charge in [-0.15, -0.1) is 0 Å². The fraction of sp³-hybridized carbons (Fsp3) is 0.471. The van der Waals surface area contributed by atoms with Crippen molar-refractivity contribution in [3.05, 3.63) is 35.4 Å². The summed E-state index contributed by atoms with van der Waals surface area (Å²) in [6.45, 7) is 6.42. The zero-order valence-electron chi connectivity index (χ0n) is 13.1. The van der Waals surface area contributed by atoms with Crippen molar-refractivity contribution >= 4 is 21.9 Å². The molecule has 0 aliphatic heterocycles. The van der Waals surface area contributed by atoms with E-state index in [0.717, 1.165) is 24.0 Å². The lowest BCUT2D eigenvalue weighted by Crippen LogP contribution is -2.32. The van der Waals surface area contributed by atoms with Gasteiger partial charge in [0, 0.05) is 5.41 Å². The summed E-state index contributed by atoms with van der Waals surface area (Å²) < 4.78 is 22.6. The molecular weight excluding hydrogens is 298 g/mol. The number of nitrogens with two attached hydrogens (primary N) is 1. The van der Waals surface area contributed by atoms with Crippen LogP contribution in [0.5, 0.6) is 0 Å². The van der Waals surface area contributed by atoms with Crippen LogP contribution in [0.15, 0.2) is 34.7 Å². The number of fused-ring (bicyclic) bond motifs is 2. The van der Waals surface area contributed by atoms with Crippen molar-refractivity contribution in [2.45, 2.75) is 38.5 Å². The lowest BCUT2D eigenvalue weighted by atomic mass is 9.70. The van der Waals surface area contributed by atoms with Crippen LogP contribution in [-0.2, 0) is 14.8 Å². The second-order valence-corrected chi connectivity index (χ2v) is 8.75. The SMILES string of the molecule is CC12CCC(/C(=C\c3ccc(S(N)(=O)=O)cc3)C1=O)C2(C)C. The zero-order valence-corrected chi connectivity index (χ0v) is 13.9. The molecule has 0 aromatic heterocycles. The molecule has 0 spiro atoms. The summed E-state index contributed by atoms with van der Waals surface area (Å²) in [6, 6.07) is 6.35. The van der Waals surface area contributed by atoms with Gasteiger partial charge in [-0.1, -0.05) is 32.9 Å². The predicted octanol–water partition coefficient (Wildman–Crippen LogP) is 2.74. The maximum atomic E-state index is 12.8. The van der Waals surface area contributed by atoms with Crippen LogP contribution in [0.4, 0.5) is 0 Å². The maximum Gasteiger partial charge on any atom is 0.238 e. The van der Waals surface area contributed by atoms with Crippen molar-refractivity contribution in [2.24, 2.45) is 21.9 Å². The van der Waals surface area contributed by atoms with E-state index < -0.39 is 10.0 Å². The van der Waals surface area contributed by atoms with Crippen LogP contribution in [0.3, 0.4) is 0 Å². The van der Waals surface area contributed by atoms with Crippen LogP contribution in [0.25, 0.3) is 6.08 Å². The lowest BCUT2D eigenvalue weighted by molar-refractivity contribution is -0.125. The Morgan fingerprint density at radius 3 is 2.23 bits per heavy atom. The highest BCUT2D eigenvalue weighted by atomic mass is 32.2.